The molecule has 4 rings (SSSR count). The zero-order valence-corrected chi connectivity index (χ0v) is 15.2. The monoisotopic (exact) mass is 377 g/mol. The topological polar surface area (TPSA) is 89.5 Å². The van der Waals surface area contributed by atoms with E-state index < -0.39 is 4.92 Å². The largest absolute Gasteiger partial charge is 0.440 e. The van der Waals surface area contributed by atoms with Gasteiger partial charge in [-0.15, -0.1) is 0 Å². The highest BCUT2D eigenvalue weighted by Gasteiger charge is 2.26. The molecule has 142 valence electrons. The molecule has 7 nitrogen and oxygen atoms in total. The van der Waals surface area contributed by atoms with Crippen molar-refractivity contribution >= 4 is 28.8 Å². The van der Waals surface area contributed by atoms with Crippen LogP contribution in [0, 0.1) is 10.1 Å². The first kappa shape index (κ1) is 17.9. The van der Waals surface area contributed by atoms with Crippen molar-refractivity contribution in [3.8, 4) is 0 Å². The van der Waals surface area contributed by atoms with Crippen LogP contribution in [-0.2, 0) is 4.79 Å². The van der Waals surface area contributed by atoms with Crippen molar-refractivity contribution in [2.24, 2.45) is 0 Å². The molecule has 0 atom stereocenters. The molecule has 0 N–H and O–H groups in total. The molecule has 3 aromatic rings. The van der Waals surface area contributed by atoms with E-state index in [9.17, 15) is 14.9 Å². The Kier molecular flexibility index (Phi) is 4.89. The minimum absolute atomic E-state index is 0.0128. The second kappa shape index (κ2) is 7.64. The normalized spacial score (nSPS) is 15.4. The van der Waals surface area contributed by atoms with Crippen LogP contribution in [0.4, 0.5) is 5.69 Å². The van der Waals surface area contributed by atoms with Gasteiger partial charge in [-0.1, -0.05) is 24.3 Å². The third kappa shape index (κ3) is 3.64. The minimum atomic E-state index is -0.448. The summed E-state index contributed by atoms with van der Waals surface area (Å²) in [4.78, 5) is 29.4. The Balaban J connectivity index is 1.39. The maximum Gasteiger partial charge on any atom is 0.276 e. The summed E-state index contributed by atoms with van der Waals surface area (Å²) in [7, 11) is 0. The molecule has 28 heavy (non-hydrogen) atoms. The number of aromatic nitrogens is 1. The SMILES string of the molecule is O=C(/C=C/c1ccccc1[N+](=O)[O-])N1CCC(c2nc3ccccc3o2)CC1. The van der Waals surface area contributed by atoms with Crippen LogP contribution in [0.3, 0.4) is 0 Å². The highest BCUT2D eigenvalue weighted by atomic mass is 16.6. The fourth-order valence-corrected chi connectivity index (χ4v) is 3.47. The number of rotatable bonds is 4. The number of carbonyl (C=O) groups is 1. The molecular weight excluding hydrogens is 358 g/mol. The van der Waals surface area contributed by atoms with Crippen molar-refractivity contribution in [1.82, 2.24) is 9.88 Å². The summed E-state index contributed by atoms with van der Waals surface area (Å²) in [5, 5.41) is 11.1. The quantitative estimate of drug-likeness (QED) is 0.387. The number of amides is 1. The van der Waals surface area contributed by atoms with Crippen LogP contribution in [0.2, 0.25) is 0 Å². The molecule has 0 saturated carbocycles. The zero-order valence-electron chi connectivity index (χ0n) is 15.2. The third-order valence-electron chi connectivity index (χ3n) is 5.01. The van der Waals surface area contributed by atoms with Crippen molar-refractivity contribution in [2.45, 2.75) is 18.8 Å². The molecular formula is C21H19N3O4. The number of nitro groups is 1. The van der Waals surface area contributed by atoms with Crippen molar-refractivity contribution in [3.05, 3.63) is 76.2 Å². The Bertz CT molecular complexity index is 1020. The van der Waals surface area contributed by atoms with Gasteiger partial charge in [0.25, 0.3) is 5.69 Å². The van der Waals surface area contributed by atoms with E-state index in [4.69, 9.17) is 4.42 Å². The number of oxazole rings is 1. The molecule has 0 aliphatic carbocycles. The van der Waals surface area contributed by atoms with E-state index in [1.807, 2.05) is 24.3 Å². The maximum absolute atomic E-state index is 12.5. The summed E-state index contributed by atoms with van der Waals surface area (Å²) < 4.78 is 5.85. The molecule has 2 aromatic carbocycles. The molecule has 0 bridgehead atoms. The molecule has 2 heterocycles. The first-order chi connectivity index (χ1) is 13.6. The number of piperidine rings is 1. The van der Waals surface area contributed by atoms with Gasteiger partial charge in [0.2, 0.25) is 5.91 Å². The van der Waals surface area contributed by atoms with Crippen LogP contribution in [0.15, 0.2) is 59.0 Å². The average molecular weight is 377 g/mol. The van der Waals surface area contributed by atoms with E-state index in [1.165, 1.54) is 18.2 Å². The number of nitro benzene ring substituents is 1. The number of carbonyl (C=O) groups excluding carboxylic acids is 1. The lowest BCUT2D eigenvalue weighted by molar-refractivity contribution is -0.385. The fraction of sp³-hybridized carbons (Fsp3) is 0.238. The number of hydrogen-bond donors (Lipinski definition) is 0. The molecule has 1 aromatic heterocycles. The summed E-state index contributed by atoms with van der Waals surface area (Å²) in [5.41, 5.74) is 2.04. The van der Waals surface area contributed by atoms with Gasteiger partial charge in [0.15, 0.2) is 11.5 Å². The molecule has 0 spiro atoms. The van der Waals surface area contributed by atoms with Gasteiger partial charge in [0.05, 0.1) is 10.5 Å². The predicted octanol–water partition coefficient (Wildman–Crippen LogP) is 4.16. The summed E-state index contributed by atoms with van der Waals surface area (Å²) in [6.45, 7) is 1.20. The van der Waals surface area contributed by atoms with Crippen molar-refractivity contribution in [3.63, 3.8) is 0 Å². The molecule has 1 saturated heterocycles. The maximum atomic E-state index is 12.5. The molecule has 7 heteroatoms. The molecule has 1 aliphatic rings. The van der Waals surface area contributed by atoms with Crippen LogP contribution in [0.5, 0.6) is 0 Å². The van der Waals surface area contributed by atoms with Crippen LogP contribution in [-0.4, -0.2) is 33.8 Å². The van der Waals surface area contributed by atoms with E-state index in [2.05, 4.69) is 4.98 Å². The number of hydrogen-bond acceptors (Lipinski definition) is 5. The lowest BCUT2D eigenvalue weighted by atomic mass is 9.96. The molecule has 0 radical (unpaired) electrons. The minimum Gasteiger partial charge on any atom is -0.440 e. The summed E-state index contributed by atoms with van der Waals surface area (Å²) in [6, 6.07) is 14.0. The van der Waals surface area contributed by atoms with Crippen molar-refractivity contribution in [2.75, 3.05) is 13.1 Å². The van der Waals surface area contributed by atoms with Crippen LogP contribution in [0.1, 0.15) is 30.2 Å². The van der Waals surface area contributed by atoms with Crippen LogP contribution >= 0.6 is 0 Å². The highest BCUT2D eigenvalue weighted by molar-refractivity contribution is 5.92. The number of likely N-dealkylation sites (tertiary alicyclic amines) is 1. The van der Waals surface area contributed by atoms with Crippen molar-refractivity contribution < 1.29 is 14.1 Å². The van der Waals surface area contributed by atoms with Gasteiger partial charge in [0.1, 0.15) is 5.52 Å². The van der Waals surface area contributed by atoms with E-state index in [-0.39, 0.29) is 17.5 Å². The highest BCUT2D eigenvalue weighted by Crippen LogP contribution is 2.30. The van der Waals surface area contributed by atoms with E-state index >= 15 is 0 Å². The summed E-state index contributed by atoms with van der Waals surface area (Å²) in [6.07, 6.45) is 4.46. The summed E-state index contributed by atoms with van der Waals surface area (Å²) >= 11 is 0. The van der Waals surface area contributed by atoms with Crippen molar-refractivity contribution in [1.29, 1.82) is 0 Å². The molecule has 1 fully saturated rings. The Morgan fingerprint density at radius 3 is 2.61 bits per heavy atom. The van der Waals surface area contributed by atoms with E-state index in [0.717, 1.165) is 29.8 Å². The van der Waals surface area contributed by atoms with Gasteiger partial charge in [-0.05, 0) is 37.1 Å². The van der Waals surface area contributed by atoms with Gasteiger partial charge in [-0.25, -0.2) is 4.98 Å². The number of benzene rings is 2. The Labute approximate surface area is 161 Å². The lowest BCUT2D eigenvalue weighted by Crippen LogP contribution is -2.36. The van der Waals surface area contributed by atoms with Crippen LogP contribution in [0.25, 0.3) is 17.2 Å². The smallest absolute Gasteiger partial charge is 0.276 e. The lowest BCUT2D eigenvalue weighted by Gasteiger charge is -2.29. The first-order valence-electron chi connectivity index (χ1n) is 9.17. The Morgan fingerprint density at radius 2 is 1.86 bits per heavy atom. The standard InChI is InChI=1S/C21H19N3O4/c25-20(10-9-15-5-1-3-7-18(15)24(26)27)23-13-11-16(12-14-23)21-22-17-6-2-4-8-19(17)28-21/h1-10,16H,11-14H2/b10-9+. The molecule has 1 aliphatic heterocycles. The second-order valence-corrected chi connectivity index (χ2v) is 6.77. The molecule has 1 amide bonds. The number of fused-ring (bicyclic) bond motifs is 1. The fourth-order valence-electron chi connectivity index (χ4n) is 3.47. The van der Waals surface area contributed by atoms with Gasteiger partial charge in [-0.2, -0.15) is 0 Å². The number of nitrogens with zero attached hydrogens (tertiary/aromatic N) is 3. The number of para-hydroxylation sites is 3. The zero-order chi connectivity index (χ0) is 19.5. The Morgan fingerprint density at radius 1 is 1.14 bits per heavy atom. The van der Waals surface area contributed by atoms with E-state index in [0.29, 0.717) is 18.7 Å². The van der Waals surface area contributed by atoms with Gasteiger partial charge in [0, 0.05) is 31.1 Å². The van der Waals surface area contributed by atoms with Gasteiger partial charge in [-0.3, -0.25) is 14.9 Å². The van der Waals surface area contributed by atoms with E-state index in [1.54, 1.807) is 23.1 Å². The molecule has 0 unspecified atom stereocenters. The average Bonchev–Trinajstić information content (AvgIpc) is 3.16. The predicted molar refractivity (Wildman–Crippen MR) is 105 cm³/mol. The van der Waals surface area contributed by atoms with Gasteiger partial charge >= 0.3 is 0 Å². The third-order valence-corrected chi connectivity index (χ3v) is 5.01. The van der Waals surface area contributed by atoms with Crippen LogP contribution < -0.4 is 0 Å². The summed E-state index contributed by atoms with van der Waals surface area (Å²) in [5.74, 6) is 0.772. The Hall–Kier alpha value is -3.48. The first-order valence-corrected chi connectivity index (χ1v) is 9.17. The van der Waals surface area contributed by atoms with Gasteiger partial charge < -0.3 is 9.32 Å². The second-order valence-electron chi connectivity index (χ2n) is 6.77.